The third-order valence-corrected chi connectivity index (χ3v) is 25.8. The average molecular weight is 2000 g/mol. The van der Waals surface area contributed by atoms with E-state index in [4.69, 9.17) is 39.5 Å². The first-order valence-electron chi connectivity index (χ1n) is 48.0. The number of benzene rings is 9. The van der Waals surface area contributed by atoms with Crippen molar-refractivity contribution < 1.29 is 23.9 Å². The van der Waals surface area contributed by atoms with Gasteiger partial charge in [0.05, 0.1) is 46.5 Å². The number of nitrogens with zero attached hydrogens (tertiary/aromatic N) is 12. The maximum Gasteiger partial charge on any atom is 0.405 e. The second-order valence-electron chi connectivity index (χ2n) is 36.9. The molecule has 0 radical (unpaired) electrons. The number of nitriles is 4. The first kappa shape index (κ1) is 110. The molecular weight excluding hydrogens is 1850 g/mol. The molecule has 9 aromatic rings. The molecule has 1 aliphatic carbocycles. The summed E-state index contributed by atoms with van der Waals surface area (Å²) in [4.78, 5) is 66.3. The molecule has 5 aliphatic rings. The fourth-order valence-electron chi connectivity index (χ4n) is 18.1. The van der Waals surface area contributed by atoms with E-state index in [1.54, 1.807) is 12.1 Å². The van der Waals surface area contributed by atoms with Gasteiger partial charge in [-0.1, -0.05) is 148 Å². The van der Waals surface area contributed by atoms with Crippen molar-refractivity contribution in [3.8, 4) is 24.3 Å². The molecule has 135 heavy (non-hydrogen) atoms. The summed E-state index contributed by atoms with van der Waals surface area (Å²) in [5, 5.41) is 43.2. The van der Waals surface area contributed by atoms with E-state index in [1.807, 2.05) is 210 Å². The summed E-state index contributed by atoms with van der Waals surface area (Å²) in [5.41, 5.74) is 17.2. The van der Waals surface area contributed by atoms with E-state index < -0.39 is 11.0 Å². The van der Waals surface area contributed by atoms with Crippen LogP contribution in [-0.4, -0.2) is 177 Å². The van der Waals surface area contributed by atoms with Crippen molar-refractivity contribution in [2.75, 3.05) is 74.0 Å². The van der Waals surface area contributed by atoms with E-state index in [2.05, 4.69) is 203 Å². The summed E-state index contributed by atoms with van der Waals surface area (Å²) in [7, 11) is 0. The normalized spacial score (nSPS) is 15.3. The number of ether oxygens (including phenoxy) is 1. The predicted octanol–water partition coefficient (Wildman–Crippen LogP) is 24.9. The van der Waals surface area contributed by atoms with Crippen LogP contribution in [0.1, 0.15) is 238 Å². The molecule has 20 nitrogen and oxygen atoms in total. The maximum atomic E-state index is 13.2. The number of nitrogens with two attached hydrogens (primary N) is 1. The molecule has 24 heteroatoms. The standard InChI is InChI=1S/C32H38N4O.C25H32N4O.C19H21N3.C13H18BrNO.C12H24N2.C7H4BrN.C3H4Cl2O2/c1-24(2)35(25(3)4)32(37)28-13-15-29(16-14-28)36(31-12-8-11-27(21-31)22-33)30-17-19-34(20-18-30)23-26-9-6-5-7-10-26;1-18(2)28(19(3)4)25(30)21-8-10-22(11-9-21)29(23-12-14-27-15-13-23)24-7-5-6-20(16-24)17-26;20-14-17-7-4-8-19(13-17)21-18-9-11-22(12-10-18)15-16-5-2-1-3-6-16;1-9(2)15(10(3)4)13(16)11-5-7-12(14)8-6-11;13-12-6-8-14(9-7-12)10-11-4-2-1-3-5-11;8-7-3-1-2-6(4-7)5-9;1-2(4)7-3(5)6/h5-16,21,24-25,30H,17-20,23H2,1-4H3;5-11,16,18-19,23,27H,12-15H2,1-4H3;1-8,13,18,21H,9-12,15H2;5-10H,1-4H3;11-12H,1-10,13H2;1-4H;2H,1H3. The number of likely N-dealkylation sites (tertiary alicyclic amines) is 3. The monoisotopic (exact) mass is 1990 g/mol. The van der Waals surface area contributed by atoms with Gasteiger partial charge in [-0.2, -0.15) is 21.0 Å². The fourth-order valence-corrected chi connectivity index (χ4v) is 19.1. The number of rotatable bonds is 24. The molecule has 4 heterocycles. The number of anilines is 5. The van der Waals surface area contributed by atoms with Gasteiger partial charge in [0.15, 0.2) is 5.56 Å². The highest BCUT2D eigenvalue weighted by molar-refractivity contribution is 9.10. The highest BCUT2D eigenvalue weighted by Gasteiger charge is 2.31. The van der Waals surface area contributed by atoms with E-state index in [9.17, 15) is 29.7 Å². The van der Waals surface area contributed by atoms with Crippen LogP contribution < -0.4 is 26.2 Å². The summed E-state index contributed by atoms with van der Waals surface area (Å²) in [6, 6.07) is 86.8. The maximum absolute atomic E-state index is 13.2. The Hall–Kier alpha value is -10.4. The van der Waals surface area contributed by atoms with E-state index >= 15 is 0 Å². The summed E-state index contributed by atoms with van der Waals surface area (Å²) in [6.45, 7) is 38.2. The number of hydrogen-bond acceptors (Lipinski definition) is 17. The number of halogens is 4. The zero-order valence-electron chi connectivity index (χ0n) is 81.3. The van der Waals surface area contributed by atoms with Crippen LogP contribution in [0.4, 0.5) is 33.2 Å². The Labute approximate surface area is 832 Å². The first-order valence-corrected chi connectivity index (χ1v) is 50.4. The molecule has 1 saturated carbocycles. The quantitative estimate of drug-likeness (QED) is 0.0376. The first-order chi connectivity index (χ1) is 64.8. The third-order valence-electron chi connectivity index (χ3n) is 24.6. The predicted molar refractivity (Wildman–Crippen MR) is 560 cm³/mol. The van der Waals surface area contributed by atoms with Crippen LogP contribution >= 0.6 is 55.1 Å². The molecule has 3 amide bonds. The van der Waals surface area contributed by atoms with Crippen LogP contribution in [0.25, 0.3) is 0 Å². The number of alkyl halides is 1. The second-order valence-corrected chi connectivity index (χ2v) is 39.6. The second kappa shape index (κ2) is 58.2. The zero-order valence-corrected chi connectivity index (χ0v) is 86.0. The molecule has 4 N–H and O–H groups in total. The van der Waals surface area contributed by atoms with Crippen molar-refractivity contribution in [3.63, 3.8) is 0 Å². The van der Waals surface area contributed by atoms with E-state index in [-0.39, 0.29) is 54.0 Å². The fraction of sp³-hybridized carbons (Fsp3) is 0.441. The number of piperidine rings is 4. The Morgan fingerprint density at radius 2 is 0.778 bits per heavy atom. The molecule has 9 aromatic carbocycles. The van der Waals surface area contributed by atoms with Gasteiger partial charge in [0.1, 0.15) is 0 Å². The van der Waals surface area contributed by atoms with Crippen LogP contribution in [0.15, 0.2) is 239 Å². The Bertz CT molecular complexity index is 5200. The number of carbonyl (C=O) groups is 4. The molecule has 14 rings (SSSR count). The smallest absolute Gasteiger partial charge is 0.405 e. The molecule has 1 atom stereocenters. The molecule has 0 aromatic heterocycles. The van der Waals surface area contributed by atoms with Gasteiger partial charge < -0.3 is 50.5 Å². The highest BCUT2D eigenvalue weighted by atomic mass is 79.9. The van der Waals surface area contributed by atoms with Crippen LogP contribution in [0.2, 0.25) is 0 Å². The summed E-state index contributed by atoms with van der Waals surface area (Å²) in [5.74, 6) is 1.21. The Morgan fingerprint density at radius 3 is 1.15 bits per heavy atom. The number of nitrogens with one attached hydrogen (secondary N) is 2. The van der Waals surface area contributed by atoms with Crippen molar-refractivity contribution in [2.24, 2.45) is 11.7 Å². The molecule has 5 fully saturated rings. The zero-order chi connectivity index (χ0) is 97.9. The molecular formula is C111H141Br2Cl2N15O5. The average Bonchev–Trinajstić information content (AvgIpc) is 0.802. The minimum absolute atomic E-state index is 0.0591. The lowest BCUT2D eigenvalue weighted by Gasteiger charge is -2.40. The van der Waals surface area contributed by atoms with Crippen LogP contribution in [0.5, 0.6) is 0 Å². The topological polar surface area (TPSA) is 249 Å². The van der Waals surface area contributed by atoms with E-state index in [0.29, 0.717) is 57.5 Å². The molecule has 4 aliphatic heterocycles. The Balaban J connectivity index is 0.000000205. The van der Waals surface area contributed by atoms with Crippen molar-refractivity contribution in [1.82, 2.24) is 34.7 Å². The number of hydrogen-bond donors (Lipinski definition) is 3. The lowest BCUT2D eigenvalue weighted by atomic mass is 9.88. The van der Waals surface area contributed by atoms with Crippen LogP contribution in [-0.2, 0) is 17.8 Å². The lowest BCUT2D eigenvalue weighted by molar-refractivity contribution is 0.0634. The van der Waals surface area contributed by atoms with E-state index in [1.165, 1.54) is 82.6 Å². The van der Waals surface area contributed by atoms with Crippen molar-refractivity contribution in [2.45, 2.75) is 253 Å². The van der Waals surface area contributed by atoms with Crippen molar-refractivity contribution >= 4 is 107 Å². The molecule has 0 bridgehead atoms. The van der Waals surface area contributed by atoms with Crippen LogP contribution in [0, 0.1) is 51.2 Å². The Morgan fingerprint density at radius 1 is 0.415 bits per heavy atom. The lowest BCUT2D eigenvalue weighted by Crippen LogP contribution is -2.43. The molecule has 1 unspecified atom stereocenters. The van der Waals surface area contributed by atoms with E-state index in [0.717, 1.165) is 140 Å². The molecule has 718 valence electrons. The summed E-state index contributed by atoms with van der Waals surface area (Å²) < 4.78 is 6.08. The third kappa shape index (κ3) is 37.2. The van der Waals surface area contributed by atoms with Crippen LogP contribution in [0.3, 0.4) is 0 Å². The SMILES string of the molecule is CC(C)N(C(=O)c1ccc(Br)cc1)C(C)C.CC(C)N(C(=O)c1ccc(N(c2cccc(C#N)c2)C2CCN(Cc3ccccc3)CC2)cc1)C(C)C.CC(C)N(C(=O)c1ccc(N(c2cccc(C#N)c2)C2CCNCC2)cc1)C(C)C.CC(Cl)OC(=O)Cl.N#Cc1cccc(Br)c1.N#Cc1cccc(NC2CCN(Cc3ccccc3)CC2)c1.NC1CCN(CC2CCCCC2)CC1. The van der Waals surface area contributed by atoms with Gasteiger partial charge in [0, 0.05) is 172 Å². The van der Waals surface area contributed by atoms with Crippen molar-refractivity contribution in [3.05, 3.63) is 290 Å². The van der Waals surface area contributed by atoms with Gasteiger partial charge in [-0.25, -0.2) is 4.79 Å². The van der Waals surface area contributed by atoms with Gasteiger partial charge in [-0.3, -0.25) is 24.2 Å². The highest BCUT2D eigenvalue weighted by Crippen LogP contribution is 2.36. The number of carbonyl (C=O) groups excluding carboxylic acids is 4. The van der Waals surface area contributed by atoms with Gasteiger partial charge >= 0.3 is 5.43 Å². The summed E-state index contributed by atoms with van der Waals surface area (Å²) in [6.07, 6.45) is 16.2. The van der Waals surface area contributed by atoms with Gasteiger partial charge in [-0.15, -0.1) is 0 Å². The minimum atomic E-state index is -0.873. The van der Waals surface area contributed by atoms with Gasteiger partial charge in [0.2, 0.25) is 0 Å². The Kier molecular flexibility index (Phi) is 47.4. The summed E-state index contributed by atoms with van der Waals surface area (Å²) >= 11 is 16.5. The number of amides is 3. The van der Waals surface area contributed by atoms with Gasteiger partial charge in [0.25, 0.3) is 17.7 Å². The molecule has 4 saturated heterocycles. The largest absolute Gasteiger partial charge is 0.434 e. The van der Waals surface area contributed by atoms with Gasteiger partial charge in [-0.05, 0) is 343 Å². The molecule has 0 spiro atoms. The minimum Gasteiger partial charge on any atom is -0.434 e. The van der Waals surface area contributed by atoms with Crippen molar-refractivity contribution in [1.29, 1.82) is 21.0 Å².